The molecule has 0 radical (unpaired) electrons. The van der Waals surface area contributed by atoms with Crippen molar-refractivity contribution in [3.63, 3.8) is 0 Å². The van der Waals surface area contributed by atoms with E-state index in [2.05, 4.69) is 32.2 Å². The number of aromatic nitrogens is 4. The Labute approximate surface area is 133 Å². The molecule has 0 spiro atoms. The van der Waals surface area contributed by atoms with Gasteiger partial charge in [0, 0.05) is 37.8 Å². The number of likely N-dealkylation sites (tertiary alicyclic amines) is 2. The lowest BCUT2D eigenvalue weighted by atomic mass is 10.2. The molecule has 0 aliphatic carbocycles. The second-order valence-corrected chi connectivity index (χ2v) is 6.47. The lowest BCUT2D eigenvalue weighted by molar-refractivity contribution is 0.0539. The van der Waals surface area contributed by atoms with Crippen LogP contribution >= 0.6 is 0 Å². The van der Waals surface area contributed by atoms with E-state index in [1.165, 1.54) is 0 Å². The summed E-state index contributed by atoms with van der Waals surface area (Å²) in [5.74, 6) is 1.25. The van der Waals surface area contributed by atoms with Gasteiger partial charge in [0.15, 0.2) is 0 Å². The number of fused-ring (bicyclic) bond motifs is 2. The minimum Gasteiger partial charge on any atom is -0.424 e. The lowest BCUT2D eigenvalue weighted by Gasteiger charge is -2.36. The van der Waals surface area contributed by atoms with E-state index >= 15 is 0 Å². The van der Waals surface area contributed by atoms with Gasteiger partial charge < -0.3 is 9.32 Å². The number of nitrogens with zero attached hydrogens (tertiary/aromatic N) is 5. The van der Waals surface area contributed by atoms with Crippen LogP contribution in [0.2, 0.25) is 0 Å². The van der Waals surface area contributed by atoms with E-state index in [9.17, 15) is 4.79 Å². The van der Waals surface area contributed by atoms with Gasteiger partial charge in [-0.25, -0.2) is 0 Å². The maximum absolute atomic E-state index is 12.6. The van der Waals surface area contributed by atoms with Gasteiger partial charge in [-0.05, 0) is 26.3 Å². The van der Waals surface area contributed by atoms with E-state index in [4.69, 9.17) is 4.42 Å². The van der Waals surface area contributed by atoms with E-state index in [0.29, 0.717) is 23.5 Å². The fourth-order valence-corrected chi connectivity index (χ4v) is 3.72. The molecular weight excluding hydrogens is 296 g/mol. The van der Waals surface area contributed by atoms with Gasteiger partial charge >= 0.3 is 0 Å². The topological polar surface area (TPSA) is 91.2 Å². The summed E-state index contributed by atoms with van der Waals surface area (Å²) in [4.78, 5) is 16.9. The average Bonchev–Trinajstić information content (AvgIpc) is 3.28. The fraction of sp³-hybridized carbons (Fsp3) is 0.600. The highest BCUT2D eigenvalue weighted by atomic mass is 16.4. The maximum Gasteiger partial charge on any atom is 0.274 e. The van der Waals surface area contributed by atoms with Crippen molar-refractivity contribution in [1.82, 2.24) is 30.2 Å². The number of rotatable bonds is 3. The summed E-state index contributed by atoms with van der Waals surface area (Å²) in [6.07, 6.45) is 0.993. The summed E-state index contributed by atoms with van der Waals surface area (Å²) < 4.78 is 5.55. The molecule has 2 saturated heterocycles. The summed E-state index contributed by atoms with van der Waals surface area (Å²) in [7, 11) is 0. The first-order valence-corrected chi connectivity index (χ1v) is 7.91. The molecule has 23 heavy (non-hydrogen) atoms. The molecule has 4 heterocycles. The van der Waals surface area contributed by atoms with E-state index in [1.807, 2.05) is 11.8 Å². The van der Waals surface area contributed by atoms with Crippen molar-refractivity contribution in [3.8, 4) is 0 Å². The Morgan fingerprint density at radius 2 is 2.17 bits per heavy atom. The standard InChI is InChI=1S/C15H20N6O2/c1-8-4-13(18-16-8)15(22)21-7-11-5-12(21)6-20(11)9(2)14-19-17-10(3)23-14/h4,9,11-12H,5-7H2,1-3H3,(H,16,18)/t9?,11-,12-/m0/s1. The Bertz CT molecular complexity index is 738. The van der Waals surface area contributed by atoms with Gasteiger partial charge in [0.1, 0.15) is 5.69 Å². The van der Waals surface area contributed by atoms with Crippen LogP contribution in [0.1, 0.15) is 47.4 Å². The number of H-pyrrole nitrogens is 1. The third kappa shape index (κ3) is 2.33. The number of piperazine rings is 1. The van der Waals surface area contributed by atoms with Gasteiger partial charge in [-0.3, -0.25) is 14.8 Å². The van der Waals surface area contributed by atoms with Crippen LogP contribution in [0.5, 0.6) is 0 Å². The number of aromatic amines is 1. The van der Waals surface area contributed by atoms with E-state index < -0.39 is 0 Å². The highest BCUT2D eigenvalue weighted by Gasteiger charge is 2.48. The van der Waals surface area contributed by atoms with Gasteiger partial charge in [-0.1, -0.05) is 0 Å². The molecule has 2 fully saturated rings. The van der Waals surface area contributed by atoms with Crippen LogP contribution in [0.3, 0.4) is 0 Å². The maximum atomic E-state index is 12.6. The average molecular weight is 316 g/mol. The quantitative estimate of drug-likeness (QED) is 0.911. The van der Waals surface area contributed by atoms with Gasteiger partial charge in [0.25, 0.3) is 5.91 Å². The normalized spacial score (nSPS) is 25.3. The summed E-state index contributed by atoms with van der Waals surface area (Å²) in [6.45, 7) is 7.34. The number of carbonyl (C=O) groups is 1. The van der Waals surface area contributed by atoms with Crippen LogP contribution in [0.4, 0.5) is 0 Å². The zero-order valence-electron chi connectivity index (χ0n) is 13.5. The Balaban J connectivity index is 1.46. The minimum atomic E-state index is 0.0165. The Morgan fingerprint density at radius 3 is 2.74 bits per heavy atom. The van der Waals surface area contributed by atoms with Crippen molar-refractivity contribution in [2.24, 2.45) is 0 Å². The second-order valence-electron chi connectivity index (χ2n) is 6.47. The molecule has 2 bridgehead atoms. The molecule has 3 atom stereocenters. The second kappa shape index (κ2) is 5.16. The van der Waals surface area contributed by atoms with Gasteiger partial charge in [-0.2, -0.15) is 5.10 Å². The molecule has 2 aliphatic rings. The smallest absolute Gasteiger partial charge is 0.274 e. The monoisotopic (exact) mass is 316 g/mol. The SMILES string of the molecule is Cc1cc(C(=O)N2C[C@@H]3C[C@H]2CN3C(C)c2nnc(C)o2)n[nH]1. The summed E-state index contributed by atoms with van der Waals surface area (Å²) in [5.41, 5.74) is 1.40. The Kier molecular flexibility index (Phi) is 3.22. The molecule has 8 heteroatoms. The third-order valence-electron chi connectivity index (χ3n) is 4.87. The molecular formula is C15H20N6O2. The van der Waals surface area contributed by atoms with Crippen LogP contribution in [0, 0.1) is 13.8 Å². The predicted molar refractivity (Wildman–Crippen MR) is 80.7 cm³/mol. The first-order chi connectivity index (χ1) is 11.0. The molecule has 122 valence electrons. The van der Waals surface area contributed by atoms with E-state index in [-0.39, 0.29) is 18.0 Å². The van der Waals surface area contributed by atoms with Gasteiger partial charge in [-0.15, -0.1) is 10.2 Å². The number of aryl methyl sites for hydroxylation is 2. The zero-order chi connectivity index (χ0) is 16.1. The number of nitrogens with one attached hydrogen (secondary N) is 1. The van der Waals surface area contributed by atoms with Crippen LogP contribution in [0.25, 0.3) is 0 Å². The fourth-order valence-electron chi connectivity index (χ4n) is 3.72. The number of carbonyl (C=O) groups excluding carboxylic acids is 1. The molecule has 2 aliphatic heterocycles. The third-order valence-corrected chi connectivity index (χ3v) is 4.87. The van der Waals surface area contributed by atoms with Crippen molar-refractivity contribution in [3.05, 3.63) is 29.2 Å². The zero-order valence-corrected chi connectivity index (χ0v) is 13.5. The van der Waals surface area contributed by atoms with Crippen LogP contribution in [0.15, 0.2) is 10.5 Å². The molecule has 2 aromatic heterocycles. The van der Waals surface area contributed by atoms with Crippen LogP contribution in [-0.2, 0) is 0 Å². The summed E-state index contributed by atoms with van der Waals surface area (Å²) in [5, 5.41) is 14.9. The summed E-state index contributed by atoms with van der Waals surface area (Å²) >= 11 is 0. The first kappa shape index (κ1) is 14.4. The molecule has 2 aromatic rings. The number of hydrogen-bond donors (Lipinski definition) is 1. The summed E-state index contributed by atoms with van der Waals surface area (Å²) in [6, 6.07) is 2.45. The highest BCUT2D eigenvalue weighted by molar-refractivity contribution is 5.93. The minimum absolute atomic E-state index is 0.0165. The Morgan fingerprint density at radius 1 is 1.35 bits per heavy atom. The highest BCUT2D eigenvalue weighted by Crippen LogP contribution is 2.37. The number of hydrogen-bond acceptors (Lipinski definition) is 6. The van der Waals surface area contributed by atoms with Crippen molar-refractivity contribution in [2.45, 2.75) is 45.3 Å². The predicted octanol–water partition coefficient (Wildman–Crippen LogP) is 1.07. The molecule has 0 aromatic carbocycles. The largest absolute Gasteiger partial charge is 0.424 e. The molecule has 1 amide bonds. The van der Waals surface area contributed by atoms with Gasteiger partial charge in [0.05, 0.1) is 6.04 Å². The van der Waals surface area contributed by atoms with Crippen molar-refractivity contribution in [2.75, 3.05) is 13.1 Å². The lowest BCUT2D eigenvalue weighted by Crippen LogP contribution is -2.49. The Hall–Kier alpha value is -2.22. The van der Waals surface area contributed by atoms with Crippen LogP contribution < -0.4 is 0 Å². The van der Waals surface area contributed by atoms with Crippen molar-refractivity contribution in [1.29, 1.82) is 0 Å². The van der Waals surface area contributed by atoms with Crippen molar-refractivity contribution < 1.29 is 9.21 Å². The molecule has 0 saturated carbocycles. The molecule has 8 nitrogen and oxygen atoms in total. The van der Waals surface area contributed by atoms with Crippen molar-refractivity contribution >= 4 is 5.91 Å². The molecule has 1 unspecified atom stereocenters. The molecule has 4 rings (SSSR count). The van der Waals surface area contributed by atoms with E-state index in [1.54, 1.807) is 13.0 Å². The number of amides is 1. The van der Waals surface area contributed by atoms with E-state index in [0.717, 1.165) is 25.2 Å². The first-order valence-electron chi connectivity index (χ1n) is 7.91. The van der Waals surface area contributed by atoms with Gasteiger partial charge in [0.2, 0.25) is 11.8 Å². The molecule has 1 N–H and O–H groups in total. The van der Waals surface area contributed by atoms with Crippen LogP contribution in [-0.4, -0.2) is 61.3 Å².